The van der Waals surface area contributed by atoms with Crippen LogP contribution in [-0.2, 0) is 7.05 Å². The molecule has 2 aromatic heterocycles. The summed E-state index contributed by atoms with van der Waals surface area (Å²) in [7, 11) is 1.56. The first kappa shape index (κ1) is 21.3. The van der Waals surface area contributed by atoms with Gasteiger partial charge in [-0.1, -0.05) is 12.6 Å². The van der Waals surface area contributed by atoms with Gasteiger partial charge in [0.25, 0.3) is 0 Å². The molecule has 4 atom stereocenters. The van der Waals surface area contributed by atoms with Gasteiger partial charge in [0, 0.05) is 35.7 Å². The molecule has 33 heavy (non-hydrogen) atoms. The molecule has 1 unspecified atom stereocenters. The van der Waals surface area contributed by atoms with Crippen molar-refractivity contribution in [2.75, 3.05) is 0 Å². The van der Waals surface area contributed by atoms with Gasteiger partial charge in [0.05, 0.1) is 6.20 Å². The molecular formula is C23H24FN7O2. The summed E-state index contributed by atoms with van der Waals surface area (Å²) >= 11 is 0. The van der Waals surface area contributed by atoms with Crippen molar-refractivity contribution in [1.29, 1.82) is 0 Å². The number of phenolic OH excluding ortho intramolecular Hbond substituents is 1. The summed E-state index contributed by atoms with van der Waals surface area (Å²) in [6, 6.07) is 5.05. The Hall–Kier alpha value is -3.53. The van der Waals surface area contributed by atoms with Crippen LogP contribution in [-0.4, -0.2) is 52.6 Å². The molecule has 0 aliphatic carbocycles. The van der Waals surface area contributed by atoms with Crippen molar-refractivity contribution in [3.8, 4) is 28.4 Å². The number of hydrogen-bond donors (Lipinski definition) is 2. The molecular weight excluding hydrogens is 425 g/mol. The van der Waals surface area contributed by atoms with E-state index in [2.05, 4.69) is 37.0 Å². The van der Waals surface area contributed by atoms with E-state index in [1.807, 2.05) is 6.92 Å². The van der Waals surface area contributed by atoms with Crippen LogP contribution < -0.4 is 11.0 Å². The second-order valence-electron chi connectivity index (χ2n) is 9.04. The van der Waals surface area contributed by atoms with Gasteiger partial charge in [-0.3, -0.25) is 4.57 Å². The van der Waals surface area contributed by atoms with Gasteiger partial charge in [0.2, 0.25) is 0 Å². The molecule has 0 spiro atoms. The summed E-state index contributed by atoms with van der Waals surface area (Å²) in [5.74, 6) is 0.0796. The molecule has 2 fully saturated rings. The van der Waals surface area contributed by atoms with Crippen LogP contribution in [0.5, 0.6) is 5.75 Å². The fraction of sp³-hybridized carbons (Fsp3) is 0.391. The van der Waals surface area contributed by atoms with Crippen LogP contribution in [0.1, 0.15) is 32.0 Å². The second-order valence-corrected chi connectivity index (χ2v) is 9.04. The Morgan fingerprint density at radius 2 is 2.15 bits per heavy atom. The first-order valence-corrected chi connectivity index (χ1v) is 10.8. The molecule has 0 amide bonds. The number of fused-ring (bicyclic) bond motifs is 2. The Morgan fingerprint density at radius 1 is 1.33 bits per heavy atom. The average molecular weight is 449 g/mol. The van der Waals surface area contributed by atoms with Gasteiger partial charge in [-0.05, 0) is 43.9 Å². The fourth-order valence-corrected chi connectivity index (χ4v) is 4.79. The van der Waals surface area contributed by atoms with E-state index in [0.29, 0.717) is 34.6 Å². The number of hydrogen-bond acceptors (Lipinski definition) is 8. The minimum atomic E-state index is -1.07. The van der Waals surface area contributed by atoms with E-state index < -0.39 is 17.4 Å². The minimum absolute atomic E-state index is 0.0777. The van der Waals surface area contributed by atoms with Crippen LogP contribution in [0.2, 0.25) is 0 Å². The summed E-state index contributed by atoms with van der Waals surface area (Å²) in [5.41, 5.74) is 0.821. The zero-order valence-electron chi connectivity index (χ0n) is 18.4. The highest BCUT2D eigenvalue weighted by atomic mass is 19.1. The molecule has 2 saturated heterocycles. The molecule has 2 bridgehead atoms. The number of benzene rings is 1. The van der Waals surface area contributed by atoms with Crippen LogP contribution >= 0.6 is 0 Å². The third-order valence-corrected chi connectivity index (χ3v) is 6.73. The van der Waals surface area contributed by atoms with E-state index in [1.165, 1.54) is 23.2 Å². The molecule has 0 radical (unpaired) electrons. The minimum Gasteiger partial charge on any atom is -0.507 e. The number of aryl methyl sites for hydroxylation is 1. The first-order valence-electron chi connectivity index (χ1n) is 10.8. The quantitative estimate of drug-likeness (QED) is 0.623. The zero-order valence-corrected chi connectivity index (χ0v) is 18.4. The SMILES string of the molecule is C=C(c1ncc(-c2ccc(-c3ncn(C)c(=O)n3)cc2O)nn1)[C@@H]1CC2CC[C@](C)(N2)[C@@H]1F. The van der Waals surface area contributed by atoms with Gasteiger partial charge in [0.15, 0.2) is 11.6 Å². The van der Waals surface area contributed by atoms with Crippen LogP contribution in [0.4, 0.5) is 4.39 Å². The molecule has 1 aromatic carbocycles. The molecule has 2 aliphatic heterocycles. The molecule has 2 N–H and O–H groups in total. The maximum atomic E-state index is 15.2. The van der Waals surface area contributed by atoms with Crippen molar-refractivity contribution in [1.82, 2.24) is 35.0 Å². The number of halogens is 1. The van der Waals surface area contributed by atoms with E-state index in [0.717, 1.165) is 12.8 Å². The van der Waals surface area contributed by atoms with E-state index in [-0.39, 0.29) is 23.5 Å². The van der Waals surface area contributed by atoms with Crippen LogP contribution in [0.25, 0.3) is 28.2 Å². The summed E-state index contributed by atoms with van der Waals surface area (Å²) in [5, 5.41) is 22.3. The Morgan fingerprint density at radius 3 is 2.85 bits per heavy atom. The predicted octanol–water partition coefficient (Wildman–Crippen LogP) is 2.28. The molecule has 4 heterocycles. The monoisotopic (exact) mass is 449 g/mol. The van der Waals surface area contributed by atoms with E-state index in [1.54, 1.807) is 19.2 Å². The lowest BCUT2D eigenvalue weighted by molar-refractivity contribution is 0.102. The Balaban J connectivity index is 1.38. The first-order chi connectivity index (χ1) is 15.7. The van der Waals surface area contributed by atoms with Crippen LogP contribution in [0.15, 0.2) is 42.1 Å². The highest BCUT2D eigenvalue weighted by molar-refractivity contribution is 5.71. The highest BCUT2D eigenvalue weighted by Crippen LogP contribution is 2.44. The number of rotatable bonds is 4. The predicted molar refractivity (Wildman–Crippen MR) is 120 cm³/mol. The lowest BCUT2D eigenvalue weighted by Crippen LogP contribution is -2.56. The van der Waals surface area contributed by atoms with E-state index in [9.17, 15) is 9.90 Å². The van der Waals surface area contributed by atoms with Crippen molar-refractivity contribution in [2.24, 2.45) is 13.0 Å². The van der Waals surface area contributed by atoms with Gasteiger partial charge >= 0.3 is 5.69 Å². The maximum absolute atomic E-state index is 15.2. The highest BCUT2D eigenvalue weighted by Gasteiger charge is 2.51. The van der Waals surface area contributed by atoms with Gasteiger partial charge in [-0.25, -0.2) is 19.2 Å². The lowest BCUT2D eigenvalue weighted by Gasteiger charge is -2.40. The normalized spacial score (nSPS) is 26.3. The molecule has 10 heteroatoms. The largest absolute Gasteiger partial charge is 0.507 e. The van der Waals surface area contributed by atoms with Crippen molar-refractivity contribution < 1.29 is 9.50 Å². The van der Waals surface area contributed by atoms with Crippen molar-refractivity contribution in [3.05, 3.63) is 53.6 Å². The van der Waals surface area contributed by atoms with Crippen LogP contribution in [0.3, 0.4) is 0 Å². The Labute approximate surface area is 189 Å². The van der Waals surface area contributed by atoms with Crippen molar-refractivity contribution in [2.45, 2.75) is 43.9 Å². The molecule has 3 aromatic rings. The number of aromatic nitrogens is 6. The van der Waals surface area contributed by atoms with Crippen molar-refractivity contribution >= 4 is 5.57 Å². The molecule has 0 saturated carbocycles. The third-order valence-electron chi connectivity index (χ3n) is 6.73. The van der Waals surface area contributed by atoms with Crippen LogP contribution in [0, 0.1) is 5.92 Å². The smallest absolute Gasteiger partial charge is 0.350 e. The van der Waals surface area contributed by atoms with E-state index >= 15 is 4.39 Å². The summed E-state index contributed by atoms with van der Waals surface area (Å²) < 4.78 is 16.5. The van der Waals surface area contributed by atoms with Gasteiger partial charge < -0.3 is 10.4 Å². The number of alkyl halides is 1. The average Bonchev–Trinajstić information content (AvgIpc) is 3.15. The Kier molecular flexibility index (Phi) is 5.04. The van der Waals surface area contributed by atoms with Gasteiger partial charge in [0.1, 0.15) is 23.9 Å². The summed E-state index contributed by atoms with van der Waals surface area (Å²) in [4.78, 5) is 24.1. The number of nitrogens with one attached hydrogen (secondary N) is 1. The number of allylic oxidation sites excluding steroid dienone is 1. The standard InChI is InChI=1S/C23H24FN7O2/c1-12(16-9-14-6-7-23(2,28-14)19(16)24)20-25-10-17(29-30-20)15-5-4-13(8-18(15)32)21-26-11-31(3)22(33)27-21/h4-5,8,10-11,14,16,19,28,32H,1,6-7,9H2,2-3H3/t14?,16-,19+,23-/m0/s1. The third kappa shape index (κ3) is 3.70. The lowest BCUT2D eigenvalue weighted by atomic mass is 9.78. The number of piperidine rings is 1. The molecule has 9 nitrogen and oxygen atoms in total. The number of nitrogens with zero attached hydrogens (tertiary/aromatic N) is 6. The second kappa shape index (κ2) is 7.80. The topological polar surface area (TPSA) is 119 Å². The van der Waals surface area contributed by atoms with Gasteiger partial charge in [-0.2, -0.15) is 4.98 Å². The fourth-order valence-electron chi connectivity index (χ4n) is 4.79. The van der Waals surface area contributed by atoms with E-state index in [4.69, 9.17) is 0 Å². The number of aromatic hydroxyl groups is 1. The van der Waals surface area contributed by atoms with Crippen molar-refractivity contribution in [3.63, 3.8) is 0 Å². The summed E-state index contributed by atoms with van der Waals surface area (Å²) in [6.07, 6.45) is 4.21. The zero-order chi connectivity index (χ0) is 23.3. The molecule has 5 rings (SSSR count). The molecule has 170 valence electrons. The Bertz CT molecular complexity index is 1290. The van der Waals surface area contributed by atoms with Gasteiger partial charge in [-0.15, -0.1) is 10.2 Å². The summed E-state index contributed by atoms with van der Waals surface area (Å²) in [6.45, 7) is 6.00. The maximum Gasteiger partial charge on any atom is 0.350 e. The number of phenols is 1. The molecule has 2 aliphatic rings.